The molecule has 0 aliphatic carbocycles. The van der Waals surface area contributed by atoms with E-state index in [1.807, 2.05) is 19.0 Å². The topological polar surface area (TPSA) is 61.6 Å². The van der Waals surface area contributed by atoms with E-state index in [1.165, 1.54) is 11.9 Å². The van der Waals surface area contributed by atoms with Gasteiger partial charge >= 0.3 is 6.18 Å². The first-order valence-electron chi connectivity index (χ1n) is 7.78. The van der Waals surface area contributed by atoms with E-state index in [9.17, 15) is 23.1 Å². The fourth-order valence-electron chi connectivity index (χ4n) is 3.23. The number of aryl methyl sites for hydroxylation is 1. The van der Waals surface area contributed by atoms with Gasteiger partial charge in [0.15, 0.2) is 5.69 Å². The van der Waals surface area contributed by atoms with Gasteiger partial charge in [-0.1, -0.05) is 0 Å². The van der Waals surface area contributed by atoms with Crippen LogP contribution in [0, 0.1) is 11.8 Å². The predicted molar refractivity (Wildman–Crippen MR) is 81.4 cm³/mol. The summed E-state index contributed by atoms with van der Waals surface area (Å²) < 4.78 is 39.3. The van der Waals surface area contributed by atoms with E-state index in [0.29, 0.717) is 13.1 Å². The number of nitrogens with zero attached hydrogens (tertiary/aromatic N) is 4. The van der Waals surface area contributed by atoms with Crippen LogP contribution in [0.2, 0.25) is 0 Å². The van der Waals surface area contributed by atoms with E-state index < -0.39 is 17.8 Å². The van der Waals surface area contributed by atoms with Crippen LogP contribution in [-0.2, 0) is 13.2 Å². The molecule has 0 saturated carbocycles. The third-order valence-corrected chi connectivity index (χ3v) is 4.18. The lowest BCUT2D eigenvalue weighted by Crippen LogP contribution is -2.47. The molecule has 1 fully saturated rings. The molecule has 1 N–H and O–H groups in total. The Kier molecular flexibility index (Phi) is 5.54. The van der Waals surface area contributed by atoms with E-state index >= 15 is 0 Å². The lowest BCUT2D eigenvalue weighted by atomic mass is 9.89. The molecule has 0 bridgehead atoms. The number of rotatable bonds is 4. The summed E-state index contributed by atoms with van der Waals surface area (Å²) in [5.41, 5.74) is -1.17. The first-order chi connectivity index (χ1) is 11.1. The van der Waals surface area contributed by atoms with E-state index in [4.69, 9.17) is 0 Å². The molecular formula is C15H23F3N4O2. The minimum absolute atomic E-state index is 0.0487. The average molecular weight is 348 g/mol. The molecule has 2 heterocycles. The molecule has 0 aromatic carbocycles. The molecular weight excluding hydrogens is 325 g/mol. The summed E-state index contributed by atoms with van der Waals surface area (Å²) in [6.07, 6.45) is -3.79. The van der Waals surface area contributed by atoms with Gasteiger partial charge in [0, 0.05) is 39.4 Å². The molecule has 1 saturated heterocycles. The second-order valence-corrected chi connectivity index (χ2v) is 6.66. The lowest BCUT2D eigenvalue weighted by Gasteiger charge is -2.38. The summed E-state index contributed by atoms with van der Waals surface area (Å²) in [4.78, 5) is 16.2. The highest BCUT2D eigenvalue weighted by Crippen LogP contribution is 2.29. The molecule has 1 aromatic rings. The largest absolute Gasteiger partial charge is 0.435 e. The molecule has 136 valence electrons. The number of piperidine rings is 1. The van der Waals surface area contributed by atoms with Crippen molar-refractivity contribution < 1.29 is 23.1 Å². The van der Waals surface area contributed by atoms with Gasteiger partial charge in [0.1, 0.15) is 5.69 Å². The maximum atomic E-state index is 12.8. The van der Waals surface area contributed by atoms with E-state index in [1.54, 1.807) is 0 Å². The first kappa shape index (κ1) is 18.7. The summed E-state index contributed by atoms with van der Waals surface area (Å²) in [5, 5.41) is 12.9. The van der Waals surface area contributed by atoms with E-state index in [2.05, 4.69) is 5.10 Å². The molecule has 0 spiro atoms. The number of hydrogen-bond donors (Lipinski definition) is 1. The number of carbonyl (C=O) groups excluding carboxylic acids is 1. The molecule has 1 aliphatic heterocycles. The number of alkyl halides is 3. The number of amides is 1. The SMILES string of the molecule is CN(C)CC1CC(CO)CN(C(=O)c2cc(C(F)(F)F)nn2C)C1. The normalized spacial score (nSPS) is 22.2. The Labute approximate surface area is 138 Å². The number of hydrogen-bond acceptors (Lipinski definition) is 4. The van der Waals surface area contributed by atoms with Gasteiger partial charge in [0.2, 0.25) is 0 Å². The lowest BCUT2D eigenvalue weighted by molar-refractivity contribution is -0.141. The fraction of sp³-hybridized carbons (Fsp3) is 0.733. The summed E-state index contributed by atoms with van der Waals surface area (Å²) in [6, 6.07) is 0.784. The van der Waals surface area contributed by atoms with Crippen molar-refractivity contribution in [3.8, 4) is 0 Å². The highest BCUT2D eigenvalue weighted by atomic mass is 19.4. The second-order valence-electron chi connectivity index (χ2n) is 6.66. The third-order valence-electron chi connectivity index (χ3n) is 4.18. The number of aromatic nitrogens is 2. The molecule has 2 unspecified atom stereocenters. The highest BCUT2D eigenvalue weighted by Gasteiger charge is 2.37. The van der Waals surface area contributed by atoms with Crippen molar-refractivity contribution in [1.82, 2.24) is 19.6 Å². The number of aliphatic hydroxyl groups excluding tert-OH is 1. The van der Waals surface area contributed by atoms with E-state index in [-0.39, 0.29) is 24.1 Å². The van der Waals surface area contributed by atoms with Crippen LogP contribution in [0.3, 0.4) is 0 Å². The van der Waals surface area contributed by atoms with Crippen LogP contribution in [0.1, 0.15) is 22.6 Å². The molecule has 9 heteroatoms. The van der Waals surface area contributed by atoms with Crippen molar-refractivity contribution in [3.63, 3.8) is 0 Å². The van der Waals surface area contributed by atoms with Crippen molar-refractivity contribution in [2.75, 3.05) is 40.3 Å². The summed E-state index contributed by atoms with van der Waals surface area (Å²) in [6.45, 7) is 1.50. The zero-order valence-electron chi connectivity index (χ0n) is 14.0. The predicted octanol–water partition coefficient (Wildman–Crippen LogP) is 1.07. The third kappa shape index (κ3) is 4.27. The van der Waals surface area contributed by atoms with Gasteiger partial charge in [-0.05, 0) is 32.4 Å². The van der Waals surface area contributed by atoms with Gasteiger partial charge in [0.25, 0.3) is 5.91 Å². The van der Waals surface area contributed by atoms with E-state index in [0.717, 1.165) is 23.7 Å². The average Bonchev–Trinajstić information content (AvgIpc) is 2.87. The molecule has 0 radical (unpaired) electrons. The number of aliphatic hydroxyl groups is 1. The van der Waals surface area contributed by atoms with Crippen molar-refractivity contribution in [1.29, 1.82) is 0 Å². The van der Waals surface area contributed by atoms with Gasteiger partial charge in [0.05, 0.1) is 0 Å². The Morgan fingerprint density at radius 1 is 1.38 bits per heavy atom. The highest BCUT2D eigenvalue weighted by molar-refractivity contribution is 5.92. The maximum Gasteiger partial charge on any atom is 0.435 e. The van der Waals surface area contributed by atoms with Crippen LogP contribution < -0.4 is 0 Å². The minimum Gasteiger partial charge on any atom is -0.396 e. The summed E-state index contributed by atoms with van der Waals surface area (Å²) >= 11 is 0. The van der Waals surface area contributed by atoms with Gasteiger partial charge in [-0.15, -0.1) is 0 Å². The maximum absolute atomic E-state index is 12.8. The van der Waals surface area contributed by atoms with Gasteiger partial charge < -0.3 is 14.9 Å². The second kappa shape index (κ2) is 7.10. The Morgan fingerprint density at radius 3 is 2.50 bits per heavy atom. The van der Waals surface area contributed by atoms with Crippen LogP contribution in [0.4, 0.5) is 13.2 Å². The summed E-state index contributed by atoms with van der Waals surface area (Å²) in [5.74, 6) is -0.379. The van der Waals surface area contributed by atoms with Crippen molar-refractivity contribution >= 4 is 5.91 Å². The van der Waals surface area contributed by atoms with Crippen LogP contribution >= 0.6 is 0 Å². The van der Waals surface area contributed by atoms with Gasteiger partial charge in [-0.2, -0.15) is 18.3 Å². The molecule has 24 heavy (non-hydrogen) atoms. The molecule has 1 aliphatic rings. The summed E-state index contributed by atoms with van der Waals surface area (Å²) in [7, 11) is 5.17. The zero-order chi connectivity index (χ0) is 18.1. The van der Waals surface area contributed by atoms with Crippen LogP contribution in [0.25, 0.3) is 0 Å². The monoisotopic (exact) mass is 348 g/mol. The van der Waals surface area contributed by atoms with Crippen LogP contribution in [0.5, 0.6) is 0 Å². The Balaban J connectivity index is 2.20. The van der Waals surface area contributed by atoms with Gasteiger partial charge in [-0.25, -0.2) is 0 Å². The minimum atomic E-state index is -4.58. The Morgan fingerprint density at radius 2 is 2.00 bits per heavy atom. The van der Waals surface area contributed by atoms with Crippen LogP contribution in [0.15, 0.2) is 6.07 Å². The molecule has 1 amide bonds. The fourth-order valence-corrected chi connectivity index (χ4v) is 3.23. The molecule has 2 rings (SSSR count). The van der Waals surface area contributed by atoms with Crippen molar-refractivity contribution in [2.24, 2.45) is 18.9 Å². The van der Waals surface area contributed by atoms with Crippen molar-refractivity contribution in [2.45, 2.75) is 12.6 Å². The quantitative estimate of drug-likeness (QED) is 0.884. The standard InChI is InChI=1S/C15H23F3N4O2/c1-20(2)6-10-4-11(9-23)8-22(7-10)14(24)12-5-13(15(16,17)18)19-21(12)3/h5,10-11,23H,4,6-9H2,1-3H3. The van der Waals surface area contributed by atoms with Crippen molar-refractivity contribution in [3.05, 3.63) is 17.5 Å². The Hall–Kier alpha value is -1.61. The number of likely N-dealkylation sites (tertiary alicyclic amines) is 1. The first-order valence-corrected chi connectivity index (χ1v) is 7.78. The van der Waals surface area contributed by atoms with Crippen LogP contribution in [-0.4, -0.2) is 70.9 Å². The molecule has 6 nitrogen and oxygen atoms in total. The zero-order valence-corrected chi connectivity index (χ0v) is 14.0. The number of halogens is 3. The molecule has 1 aromatic heterocycles. The molecule has 2 atom stereocenters. The Bertz CT molecular complexity index is 586. The smallest absolute Gasteiger partial charge is 0.396 e. The van der Waals surface area contributed by atoms with Gasteiger partial charge in [-0.3, -0.25) is 9.48 Å². The number of carbonyl (C=O) groups is 1.